The van der Waals surface area contributed by atoms with Crippen molar-refractivity contribution in [3.63, 3.8) is 0 Å². The Morgan fingerprint density at radius 2 is 1.85 bits per heavy atom. The molecule has 0 bridgehead atoms. The van der Waals surface area contributed by atoms with Crippen LogP contribution in [0.4, 0.5) is 0 Å². The van der Waals surface area contributed by atoms with E-state index in [1.165, 1.54) is 4.90 Å². The van der Waals surface area contributed by atoms with E-state index >= 15 is 0 Å². The fourth-order valence-electron chi connectivity index (χ4n) is 4.15. The van der Waals surface area contributed by atoms with Crippen LogP contribution in [0.2, 0.25) is 0 Å². The maximum Gasteiger partial charge on any atom is 0.295 e. The maximum atomic E-state index is 13.1. The number of rotatable bonds is 7. The van der Waals surface area contributed by atoms with E-state index in [1.54, 1.807) is 42.6 Å². The molecule has 1 N–H and O–H groups in total. The molecule has 1 amide bonds. The molecule has 1 atom stereocenters. The van der Waals surface area contributed by atoms with Gasteiger partial charge >= 0.3 is 0 Å². The van der Waals surface area contributed by atoms with Crippen molar-refractivity contribution >= 4 is 17.4 Å². The SMILES string of the molecule is CC(C)Oc1ccc(/C(O)=C2\C(=O)C(=O)N(CCN3CCOCC3)C2c2ccccn2)cc1. The standard InChI is InChI=1S/C25H29N3O5/c1-17(2)33-19-8-6-18(7-9-19)23(29)21-22(20-5-3-4-10-26-20)28(25(31)24(21)30)12-11-27-13-15-32-16-14-27/h3-10,17,22,29H,11-16H2,1-2H3/b23-21+. The zero-order valence-corrected chi connectivity index (χ0v) is 18.9. The van der Waals surface area contributed by atoms with Gasteiger partial charge in [-0.3, -0.25) is 19.5 Å². The highest BCUT2D eigenvalue weighted by Gasteiger charge is 2.46. The maximum absolute atomic E-state index is 13.1. The second-order valence-corrected chi connectivity index (χ2v) is 8.39. The van der Waals surface area contributed by atoms with E-state index in [0.29, 0.717) is 43.3 Å². The minimum atomic E-state index is -0.751. The summed E-state index contributed by atoms with van der Waals surface area (Å²) in [5, 5.41) is 11.1. The van der Waals surface area contributed by atoms with Crippen LogP contribution < -0.4 is 4.74 Å². The molecule has 2 aliphatic heterocycles. The number of aliphatic hydroxyl groups excluding tert-OH is 1. The largest absolute Gasteiger partial charge is 0.507 e. The first-order valence-corrected chi connectivity index (χ1v) is 11.2. The Balaban J connectivity index is 1.67. The molecule has 4 rings (SSSR count). The third-order valence-electron chi connectivity index (χ3n) is 5.77. The van der Waals surface area contributed by atoms with Crippen molar-refractivity contribution in [2.45, 2.75) is 26.0 Å². The van der Waals surface area contributed by atoms with Crippen LogP contribution in [-0.4, -0.2) is 77.1 Å². The molecule has 2 aromatic rings. The predicted octanol–water partition coefficient (Wildman–Crippen LogP) is 2.62. The van der Waals surface area contributed by atoms with Gasteiger partial charge in [-0.15, -0.1) is 0 Å². The van der Waals surface area contributed by atoms with Gasteiger partial charge < -0.3 is 19.5 Å². The van der Waals surface area contributed by atoms with E-state index in [9.17, 15) is 14.7 Å². The first-order chi connectivity index (χ1) is 16.0. The Kier molecular flexibility index (Phi) is 7.05. The van der Waals surface area contributed by atoms with Crippen LogP contribution in [0.25, 0.3) is 5.76 Å². The van der Waals surface area contributed by atoms with E-state index in [0.717, 1.165) is 13.1 Å². The third-order valence-corrected chi connectivity index (χ3v) is 5.77. The molecule has 2 fully saturated rings. The normalized spacial score (nSPS) is 21.1. The Hall–Kier alpha value is -3.23. The minimum Gasteiger partial charge on any atom is -0.507 e. The number of carbonyl (C=O) groups excluding carboxylic acids is 2. The van der Waals surface area contributed by atoms with Crippen molar-refractivity contribution in [3.8, 4) is 5.75 Å². The van der Waals surface area contributed by atoms with Gasteiger partial charge in [-0.25, -0.2) is 0 Å². The fourth-order valence-corrected chi connectivity index (χ4v) is 4.15. The Bertz CT molecular complexity index is 1010. The summed E-state index contributed by atoms with van der Waals surface area (Å²) in [5.74, 6) is -0.879. The van der Waals surface area contributed by atoms with Crippen molar-refractivity contribution < 1.29 is 24.2 Å². The molecule has 0 saturated carbocycles. The van der Waals surface area contributed by atoms with Crippen LogP contribution in [0.3, 0.4) is 0 Å². The lowest BCUT2D eigenvalue weighted by atomic mass is 9.98. The van der Waals surface area contributed by atoms with Gasteiger partial charge in [0.25, 0.3) is 11.7 Å². The van der Waals surface area contributed by atoms with Crippen LogP contribution in [0, 0.1) is 0 Å². The number of morpholine rings is 1. The zero-order valence-electron chi connectivity index (χ0n) is 18.9. The molecule has 174 valence electrons. The molecule has 1 aromatic heterocycles. The van der Waals surface area contributed by atoms with Crippen LogP contribution in [0.5, 0.6) is 5.75 Å². The van der Waals surface area contributed by atoms with Gasteiger partial charge in [0.15, 0.2) is 0 Å². The summed E-state index contributed by atoms with van der Waals surface area (Å²) in [6.07, 6.45) is 1.64. The van der Waals surface area contributed by atoms with Crippen LogP contribution in [0.15, 0.2) is 54.2 Å². The minimum absolute atomic E-state index is 0.0189. The summed E-state index contributed by atoms with van der Waals surface area (Å²) < 4.78 is 11.1. The molecule has 0 aliphatic carbocycles. The summed E-state index contributed by atoms with van der Waals surface area (Å²) in [5.41, 5.74) is 1.04. The summed E-state index contributed by atoms with van der Waals surface area (Å²) >= 11 is 0. The molecule has 2 aliphatic rings. The van der Waals surface area contributed by atoms with Crippen molar-refractivity contribution in [2.24, 2.45) is 0 Å². The molecule has 3 heterocycles. The molecule has 1 aromatic carbocycles. The quantitative estimate of drug-likeness (QED) is 0.393. The van der Waals surface area contributed by atoms with Crippen LogP contribution in [-0.2, 0) is 14.3 Å². The van der Waals surface area contributed by atoms with Crippen LogP contribution >= 0.6 is 0 Å². The Labute approximate surface area is 193 Å². The molecular weight excluding hydrogens is 422 g/mol. The van der Waals surface area contributed by atoms with Gasteiger partial charge in [-0.05, 0) is 50.2 Å². The third kappa shape index (κ3) is 5.07. The number of nitrogens with zero attached hydrogens (tertiary/aromatic N) is 3. The molecule has 0 spiro atoms. The van der Waals surface area contributed by atoms with Crippen molar-refractivity contribution in [1.82, 2.24) is 14.8 Å². The number of hydrogen-bond acceptors (Lipinski definition) is 7. The van der Waals surface area contributed by atoms with Gasteiger partial charge in [0, 0.05) is 37.9 Å². The summed E-state index contributed by atoms with van der Waals surface area (Å²) in [6, 6.07) is 11.4. The number of aliphatic hydroxyl groups is 1. The number of amides is 1. The number of benzene rings is 1. The molecular formula is C25H29N3O5. The smallest absolute Gasteiger partial charge is 0.295 e. The number of carbonyl (C=O) groups is 2. The molecule has 33 heavy (non-hydrogen) atoms. The average molecular weight is 452 g/mol. The topological polar surface area (TPSA) is 92.2 Å². The van der Waals surface area contributed by atoms with Gasteiger partial charge in [0.05, 0.1) is 30.6 Å². The second-order valence-electron chi connectivity index (χ2n) is 8.39. The van der Waals surface area contributed by atoms with Crippen LogP contribution in [0.1, 0.15) is 31.1 Å². The lowest BCUT2D eigenvalue weighted by Crippen LogP contribution is -2.42. The predicted molar refractivity (Wildman–Crippen MR) is 123 cm³/mol. The highest BCUT2D eigenvalue weighted by molar-refractivity contribution is 6.46. The monoisotopic (exact) mass is 451 g/mol. The first kappa shape index (κ1) is 22.9. The number of Topliss-reactive ketones (excluding diaryl/α,β-unsaturated/α-hetero) is 1. The van der Waals surface area contributed by atoms with Crippen molar-refractivity contribution in [2.75, 3.05) is 39.4 Å². The summed E-state index contributed by atoms with van der Waals surface area (Å²) in [7, 11) is 0. The van der Waals surface area contributed by atoms with Gasteiger partial charge in [0.2, 0.25) is 0 Å². The second kappa shape index (κ2) is 10.1. The van der Waals surface area contributed by atoms with E-state index in [2.05, 4.69) is 9.88 Å². The summed E-state index contributed by atoms with van der Waals surface area (Å²) in [6.45, 7) is 7.69. The number of pyridine rings is 1. The van der Waals surface area contributed by atoms with E-state index in [-0.39, 0.29) is 17.4 Å². The highest BCUT2D eigenvalue weighted by Crippen LogP contribution is 2.38. The number of aromatic nitrogens is 1. The molecule has 8 nitrogen and oxygen atoms in total. The molecule has 0 radical (unpaired) electrons. The fraction of sp³-hybridized carbons (Fsp3) is 0.400. The van der Waals surface area contributed by atoms with Crippen molar-refractivity contribution in [1.29, 1.82) is 0 Å². The number of ketones is 1. The zero-order chi connectivity index (χ0) is 23.4. The van der Waals surface area contributed by atoms with Gasteiger partial charge in [-0.1, -0.05) is 6.07 Å². The molecule has 8 heteroatoms. The number of ether oxygens (including phenoxy) is 2. The van der Waals surface area contributed by atoms with Gasteiger partial charge in [0.1, 0.15) is 17.6 Å². The van der Waals surface area contributed by atoms with E-state index in [4.69, 9.17) is 9.47 Å². The lowest BCUT2D eigenvalue weighted by molar-refractivity contribution is -0.140. The highest BCUT2D eigenvalue weighted by atomic mass is 16.5. The van der Waals surface area contributed by atoms with Crippen molar-refractivity contribution in [3.05, 3.63) is 65.5 Å². The van der Waals surface area contributed by atoms with Gasteiger partial charge in [-0.2, -0.15) is 0 Å². The van der Waals surface area contributed by atoms with E-state index in [1.807, 2.05) is 19.9 Å². The Morgan fingerprint density at radius 1 is 1.12 bits per heavy atom. The number of hydrogen-bond donors (Lipinski definition) is 1. The first-order valence-electron chi connectivity index (χ1n) is 11.2. The molecule has 1 unspecified atom stereocenters. The Morgan fingerprint density at radius 3 is 2.48 bits per heavy atom. The van der Waals surface area contributed by atoms with E-state index < -0.39 is 17.7 Å². The average Bonchev–Trinajstić information content (AvgIpc) is 3.08. The molecule has 2 saturated heterocycles. The lowest BCUT2D eigenvalue weighted by Gasteiger charge is -2.30. The summed E-state index contributed by atoms with van der Waals surface area (Å²) in [4.78, 5) is 34.2. The number of likely N-dealkylation sites (tertiary alicyclic amines) is 1.